The van der Waals surface area contributed by atoms with Gasteiger partial charge in [-0.15, -0.1) is 10.2 Å². The maximum absolute atomic E-state index is 12.1. The van der Waals surface area contributed by atoms with Crippen molar-refractivity contribution in [2.75, 3.05) is 13.1 Å². The van der Waals surface area contributed by atoms with Gasteiger partial charge in [0.05, 0.1) is 12.6 Å². The predicted octanol–water partition coefficient (Wildman–Crippen LogP) is -0.685. The molecule has 1 aliphatic rings. The van der Waals surface area contributed by atoms with Crippen molar-refractivity contribution in [1.82, 2.24) is 25.5 Å². The molecule has 0 bridgehead atoms. The first-order valence-electron chi connectivity index (χ1n) is 7.23. The van der Waals surface area contributed by atoms with Gasteiger partial charge in [-0.2, -0.15) is 5.21 Å². The monoisotopic (exact) mass is 315 g/mol. The number of nitrogens with zero attached hydrogens (tertiary/aromatic N) is 4. The second-order valence-electron chi connectivity index (χ2n) is 5.42. The maximum atomic E-state index is 12.1. The summed E-state index contributed by atoms with van der Waals surface area (Å²) in [5.74, 6) is -0.289. The number of nitrogens with one attached hydrogen (secondary N) is 1. The molecule has 2 amide bonds. The van der Waals surface area contributed by atoms with Crippen LogP contribution in [0.15, 0.2) is 24.3 Å². The number of nitrogens with two attached hydrogens (primary N) is 2. The van der Waals surface area contributed by atoms with Crippen LogP contribution in [0.1, 0.15) is 40.1 Å². The fraction of sp³-hybridized carbons (Fsp3) is 0.357. The van der Waals surface area contributed by atoms with E-state index in [-0.39, 0.29) is 24.4 Å². The molecule has 0 unspecified atom stereocenters. The van der Waals surface area contributed by atoms with E-state index in [1.807, 2.05) is 12.1 Å². The van der Waals surface area contributed by atoms with Crippen molar-refractivity contribution in [3.8, 4) is 0 Å². The van der Waals surface area contributed by atoms with Gasteiger partial charge >= 0.3 is 0 Å². The molecule has 23 heavy (non-hydrogen) atoms. The summed E-state index contributed by atoms with van der Waals surface area (Å²) in [4.78, 5) is 25.4. The first kappa shape index (κ1) is 15.1. The molecule has 5 N–H and O–H groups in total. The quantitative estimate of drug-likeness (QED) is 0.681. The first-order chi connectivity index (χ1) is 11.1. The minimum absolute atomic E-state index is 0.0438. The number of tetrazole rings is 1. The Morgan fingerprint density at radius 2 is 2.13 bits per heavy atom. The Bertz CT molecular complexity index is 716. The number of hydrogen-bond donors (Lipinski definition) is 3. The number of rotatable bonds is 4. The highest BCUT2D eigenvalue weighted by molar-refractivity contribution is 5.94. The van der Waals surface area contributed by atoms with E-state index in [0.29, 0.717) is 24.4 Å². The van der Waals surface area contributed by atoms with Crippen LogP contribution in [0, 0.1) is 0 Å². The molecule has 9 heteroatoms. The van der Waals surface area contributed by atoms with E-state index in [0.717, 1.165) is 5.56 Å². The third kappa shape index (κ3) is 2.78. The number of amides is 2. The smallest absolute Gasteiger partial charge is 0.248 e. The summed E-state index contributed by atoms with van der Waals surface area (Å²) in [6.45, 7) is 0.331. The summed E-state index contributed by atoms with van der Waals surface area (Å²) in [6.07, 6.45) is 0.579. The molecule has 3 rings (SSSR count). The Kier molecular flexibility index (Phi) is 4.02. The first-order valence-corrected chi connectivity index (χ1v) is 7.23. The molecule has 1 aromatic heterocycles. The molecule has 0 saturated carbocycles. The second kappa shape index (κ2) is 6.13. The van der Waals surface area contributed by atoms with Gasteiger partial charge in [-0.05, 0) is 18.1 Å². The van der Waals surface area contributed by atoms with Crippen molar-refractivity contribution in [3.63, 3.8) is 0 Å². The number of H-pyrrole nitrogens is 1. The standard InChI is InChI=1S/C14H17N7O2/c15-6-12(22)21-7-8(5-11(21)14-17-19-20-18-14)9-3-1-2-4-10(9)13(16)23/h1-4,8,11H,5-7,15H2,(H2,16,23)(H,17,18,19,20)/t8-,11-/m0/s1. The van der Waals surface area contributed by atoms with E-state index in [9.17, 15) is 9.59 Å². The van der Waals surface area contributed by atoms with Gasteiger partial charge in [0.2, 0.25) is 11.8 Å². The van der Waals surface area contributed by atoms with Crippen LogP contribution in [0.3, 0.4) is 0 Å². The van der Waals surface area contributed by atoms with Crippen molar-refractivity contribution in [2.24, 2.45) is 11.5 Å². The highest BCUT2D eigenvalue weighted by atomic mass is 16.2. The number of carbonyl (C=O) groups is 2. The molecule has 2 atom stereocenters. The molecule has 2 aromatic rings. The molecule has 1 fully saturated rings. The largest absolute Gasteiger partial charge is 0.366 e. The summed E-state index contributed by atoms with van der Waals surface area (Å²) < 4.78 is 0. The maximum Gasteiger partial charge on any atom is 0.248 e. The van der Waals surface area contributed by atoms with Crippen LogP contribution >= 0.6 is 0 Å². The Labute approximate surface area is 132 Å². The molecule has 1 aliphatic heterocycles. The van der Waals surface area contributed by atoms with Crippen molar-refractivity contribution in [3.05, 3.63) is 41.2 Å². The number of benzene rings is 1. The molecule has 2 heterocycles. The molecule has 0 radical (unpaired) electrons. The van der Waals surface area contributed by atoms with Crippen LogP contribution in [0.5, 0.6) is 0 Å². The van der Waals surface area contributed by atoms with Crippen LogP contribution in [0.25, 0.3) is 0 Å². The Balaban J connectivity index is 1.94. The fourth-order valence-electron chi connectivity index (χ4n) is 3.09. The molecule has 9 nitrogen and oxygen atoms in total. The minimum atomic E-state index is -0.486. The summed E-state index contributed by atoms with van der Waals surface area (Å²) in [7, 11) is 0. The molecule has 0 aliphatic carbocycles. The Morgan fingerprint density at radius 1 is 1.35 bits per heavy atom. The molecular formula is C14H17N7O2. The van der Waals surface area contributed by atoms with Crippen molar-refractivity contribution < 1.29 is 9.59 Å². The number of hydrogen-bond acceptors (Lipinski definition) is 6. The summed E-state index contributed by atoms with van der Waals surface area (Å²) in [6, 6.07) is 6.83. The zero-order chi connectivity index (χ0) is 16.4. The predicted molar refractivity (Wildman–Crippen MR) is 80.0 cm³/mol. The van der Waals surface area contributed by atoms with Gasteiger partial charge in [-0.1, -0.05) is 23.4 Å². The number of primary amides is 1. The van der Waals surface area contributed by atoms with E-state index in [1.165, 1.54) is 0 Å². The highest BCUT2D eigenvalue weighted by Gasteiger charge is 2.39. The second-order valence-corrected chi connectivity index (χ2v) is 5.42. The van der Waals surface area contributed by atoms with Crippen molar-refractivity contribution >= 4 is 11.8 Å². The van der Waals surface area contributed by atoms with E-state index in [2.05, 4.69) is 20.6 Å². The van der Waals surface area contributed by atoms with Gasteiger partial charge in [-0.25, -0.2) is 0 Å². The van der Waals surface area contributed by atoms with Crippen LogP contribution in [0.2, 0.25) is 0 Å². The number of likely N-dealkylation sites (tertiary alicyclic amines) is 1. The van der Waals surface area contributed by atoms with Crippen LogP contribution in [-0.4, -0.2) is 50.4 Å². The lowest BCUT2D eigenvalue weighted by Gasteiger charge is -2.21. The van der Waals surface area contributed by atoms with Gasteiger partial charge in [0, 0.05) is 18.0 Å². The van der Waals surface area contributed by atoms with Gasteiger partial charge in [0.25, 0.3) is 0 Å². The molecular weight excluding hydrogens is 298 g/mol. The topological polar surface area (TPSA) is 144 Å². The van der Waals surface area contributed by atoms with Crippen molar-refractivity contribution in [1.29, 1.82) is 0 Å². The Morgan fingerprint density at radius 3 is 2.78 bits per heavy atom. The molecule has 1 aromatic carbocycles. The molecule has 0 spiro atoms. The van der Waals surface area contributed by atoms with E-state index >= 15 is 0 Å². The average molecular weight is 315 g/mol. The average Bonchev–Trinajstić information content (AvgIpc) is 3.23. The highest BCUT2D eigenvalue weighted by Crippen LogP contribution is 2.40. The number of aromatic amines is 1. The number of carbonyl (C=O) groups excluding carboxylic acids is 2. The number of aromatic nitrogens is 4. The van der Waals surface area contributed by atoms with Gasteiger partial charge in [0.1, 0.15) is 0 Å². The molecule has 1 saturated heterocycles. The van der Waals surface area contributed by atoms with Gasteiger partial charge in [-0.3, -0.25) is 9.59 Å². The third-order valence-corrected chi connectivity index (χ3v) is 4.12. The Hall–Kier alpha value is -2.81. The zero-order valence-corrected chi connectivity index (χ0v) is 12.3. The van der Waals surface area contributed by atoms with E-state index < -0.39 is 5.91 Å². The van der Waals surface area contributed by atoms with Gasteiger partial charge in [0.15, 0.2) is 5.82 Å². The van der Waals surface area contributed by atoms with Crippen LogP contribution in [0.4, 0.5) is 0 Å². The lowest BCUT2D eigenvalue weighted by atomic mass is 9.91. The van der Waals surface area contributed by atoms with E-state index in [1.54, 1.807) is 17.0 Å². The van der Waals surface area contributed by atoms with Crippen molar-refractivity contribution in [2.45, 2.75) is 18.4 Å². The summed E-state index contributed by atoms with van der Waals surface area (Å²) in [5, 5.41) is 13.9. The van der Waals surface area contributed by atoms with E-state index in [4.69, 9.17) is 11.5 Å². The summed E-state index contributed by atoms with van der Waals surface area (Å²) in [5.41, 5.74) is 12.2. The third-order valence-electron chi connectivity index (χ3n) is 4.12. The summed E-state index contributed by atoms with van der Waals surface area (Å²) >= 11 is 0. The van der Waals surface area contributed by atoms with Crippen LogP contribution in [-0.2, 0) is 4.79 Å². The van der Waals surface area contributed by atoms with Crippen LogP contribution < -0.4 is 11.5 Å². The lowest BCUT2D eigenvalue weighted by molar-refractivity contribution is -0.130. The molecule has 120 valence electrons. The normalized spacial score (nSPS) is 20.7. The van der Waals surface area contributed by atoms with Gasteiger partial charge < -0.3 is 16.4 Å². The lowest BCUT2D eigenvalue weighted by Crippen LogP contribution is -2.36. The fourth-order valence-corrected chi connectivity index (χ4v) is 3.09. The zero-order valence-electron chi connectivity index (χ0n) is 12.3. The minimum Gasteiger partial charge on any atom is -0.366 e. The SMILES string of the molecule is NCC(=O)N1C[C@@H](c2ccccc2C(N)=O)C[C@H]1c1nn[nH]n1.